The van der Waals surface area contributed by atoms with E-state index in [2.05, 4.69) is 70.3 Å². The van der Waals surface area contributed by atoms with Crippen LogP contribution in [0.4, 0.5) is 5.82 Å². The highest BCUT2D eigenvalue weighted by Gasteiger charge is 2.21. The molecule has 3 rings (SSSR count). The lowest BCUT2D eigenvalue weighted by atomic mass is 9.95. The smallest absolute Gasteiger partial charge is 0.159 e. The van der Waals surface area contributed by atoms with E-state index >= 15 is 0 Å². The molecule has 0 amide bonds. The number of aromatic nitrogens is 4. The van der Waals surface area contributed by atoms with Crippen LogP contribution in [-0.4, -0.2) is 32.6 Å². The molecule has 5 nitrogen and oxygen atoms in total. The van der Waals surface area contributed by atoms with Gasteiger partial charge in [-0.2, -0.15) is 0 Å². The molecule has 162 valence electrons. The highest BCUT2D eigenvalue weighted by atomic mass is 15.2. The summed E-state index contributed by atoms with van der Waals surface area (Å²) in [5, 5.41) is 0. The number of nitrogens with zero attached hydrogens (tertiary/aromatic N) is 5. The average molecular weight is 408 g/mol. The zero-order chi connectivity index (χ0) is 21.8. The lowest BCUT2D eigenvalue weighted by Gasteiger charge is -2.21. The van der Waals surface area contributed by atoms with Gasteiger partial charge in [0, 0.05) is 43.7 Å². The van der Waals surface area contributed by atoms with Crippen LogP contribution >= 0.6 is 0 Å². The van der Waals surface area contributed by atoms with E-state index in [0.29, 0.717) is 5.92 Å². The molecule has 30 heavy (non-hydrogen) atoms. The molecule has 0 aliphatic heterocycles. The van der Waals surface area contributed by atoms with Crippen LogP contribution in [0.2, 0.25) is 0 Å². The fourth-order valence-electron chi connectivity index (χ4n) is 4.43. The van der Waals surface area contributed by atoms with E-state index in [4.69, 9.17) is 15.0 Å². The summed E-state index contributed by atoms with van der Waals surface area (Å²) in [6.45, 7) is 15.1. The van der Waals surface area contributed by atoms with Gasteiger partial charge >= 0.3 is 0 Å². The molecule has 0 aliphatic rings. The average Bonchev–Trinajstić information content (AvgIpc) is 3.09. The fraction of sp³-hybridized carbons (Fsp3) is 0.560. The molecule has 3 aromatic rings. The van der Waals surface area contributed by atoms with Gasteiger partial charge in [-0.25, -0.2) is 15.0 Å². The van der Waals surface area contributed by atoms with E-state index in [0.717, 1.165) is 72.7 Å². The van der Waals surface area contributed by atoms with Crippen LogP contribution < -0.4 is 4.90 Å². The Kier molecular flexibility index (Phi) is 7.11. The van der Waals surface area contributed by atoms with Gasteiger partial charge in [-0.05, 0) is 57.1 Å². The molecule has 0 saturated heterocycles. The number of pyridine rings is 1. The Morgan fingerprint density at radius 3 is 2.23 bits per heavy atom. The minimum Gasteiger partial charge on any atom is -0.357 e. The minimum absolute atomic E-state index is 0.528. The van der Waals surface area contributed by atoms with E-state index in [1.165, 1.54) is 11.1 Å². The zero-order valence-corrected chi connectivity index (χ0v) is 19.8. The summed E-state index contributed by atoms with van der Waals surface area (Å²) in [7, 11) is 2.08. The molecular weight excluding hydrogens is 370 g/mol. The largest absolute Gasteiger partial charge is 0.357 e. The lowest BCUT2D eigenvalue weighted by molar-refractivity contribution is 0.643. The molecule has 0 N–H and O–H groups in total. The molecule has 0 bridgehead atoms. The number of rotatable bonds is 9. The summed E-state index contributed by atoms with van der Waals surface area (Å²) in [5.74, 6) is 1.57. The number of hydrogen-bond acceptors (Lipinski definition) is 4. The van der Waals surface area contributed by atoms with E-state index < -0.39 is 0 Å². The van der Waals surface area contributed by atoms with Crippen molar-refractivity contribution in [2.24, 2.45) is 7.05 Å². The summed E-state index contributed by atoms with van der Waals surface area (Å²) in [5.41, 5.74) is 7.81. The molecule has 0 aliphatic carbocycles. The first-order valence-electron chi connectivity index (χ1n) is 11.6. The molecule has 3 heterocycles. The zero-order valence-electron chi connectivity index (χ0n) is 19.8. The van der Waals surface area contributed by atoms with Crippen LogP contribution in [0.3, 0.4) is 0 Å². The van der Waals surface area contributed by atoms with E-state index in [-0.39, 0.29) is 0 Å². The van der Waals surface area contributed by atoms with Crippen LogP contribution in [0.1, 0.15) is 77.1 Å². The van der Waals surface area contributed by atoms with Crippen molar-refractivity contribution >= 4 is 17.0 Å². The number of hydrogen-bond donors (Lipinski definition) is 0. The van der Waals surface area contributed by atoms with Crippen molar-refractivity contribution in [2.75, 3.05) is 18.0 Å². The van der Waals surface area contributed by atoms with Crippen LogP contribution in [0, 0.1) is 0 Å². The minimum atomic E-state index is 0.528. The summed E-state index contributed by atoms with van der Waals surface area (Å²) >= 11 is 0. The second-order valence-corrected chi connectivity index (χ2v) is 7.98. The van der Waals surface area contributed by atoms with Crippen LogP contribution in [0.5, 0.6) is 0 Å². The van der Waals surface area contributed by atoms with Crippen LogP contribution in [0.25, 0.3) is 22.4 Å². The fourth-order valence-corrected chi connectivity index (χ4v) is 4.43. The summed E-state index contributed by atoms with van der Waals surface area (Å²) < 4.78 is 2.14. The maximum Gasteiger partial charge on any atom is 0.159 e. The standard InChI is InChI=1S/C25H37N5/c1-8-17(9-2)20-16-29(7)25-24(20)27-21(11-4)23(28-25)19-15-26-22(14-18(19)10-3)30(12-5)13-6/h14-17H,8-13H2,1-7H3. The van der Waals surface area contributed by atoms with Gasteiger partial charge in [0.05, 0.1) is 11.4 Å². The second-order valence-electron chi connectivity index (χ2n) is 7.98. The Morgan fingerprint density at radius 2 is 1.67 bits per heavy atom. The predicted octanol–water partition coefficient (Wildman–Crippen LogP) is 5.90. The Hall–Kier alpha value is -2.43. The van der Waals surface area contributed by atoms with Gasteiger partial charge < -0.3 is 9.47 Å². The molecule has 0 spiro atoms. The molecule has 0 fully saturated rings. The molecular formula is C25H37N5. The summed E-state index contributed by atoms with van der Waals surface area (Å²) in [6.07, 6.45) is 8.28. The molecule has 0 unspecified atom stereocenters. The van der Waals surface area contributed by atoms with Crippen LogP contribution in [0.15, 0.2) is 18.5 Å². The Labute approximate surface area is 181 Å². The van der Waals surface area contributed by atoms with Crippen molar-refractivity contribution in [3.05, 3.63) is 35.3 Å². The first-order chi connectivity index (χ1) is 14.5. The second kappa shape index (κ2) is 9.59. The van der Waals surface area contributed by atoms with Gasteiger partial charge in [-0.3, -0.25) is 0 Å². The van der Waals surface area contributed by atoms with E-state index in [9.17, 15) is 0 Å². The first kappa shape index (κ1) is 22.3. The SMILES string of the molecule is CCc1cc(N(CC)CC)ncc1-c1nc2c(nc1CC)c(C(CC)CC)cn2C. The quantitative estimate of drug-likeness (QED) is 0.443. The van der Waals surface area contributed by atoms with Gasteiger partial charge in [0.1, 0.15) is 11.3 Å². The van der Waals surface area contributed by atoms with Gasteiger partial charge in [-0.1, -0.05) is 27.7 Å². The monoisotopic (exact) mass is 407 g/mol. The topological polar surface area (TPSA) is 46.8 Å². The van der Waals surface area contributed by atoms with Gasteiger partial charge in [-0.15, -0.1) is 0 Å². The van der Waals surface area contributed by atoms with Gasteiger partial charge in [0.2, 0.25) is 0 Å². The maximum atomic E-state index is 5.16. The van der Waals surface area contributed by atoms with Crippen molar-refractivity contribution in [2.45, 2.75) is 73.1 Å². The third-order valence-corrected chi connectivity index (χ3v) is 6.35. The number of aryl methyl sites for hydroxylation is 3. The molecule has 0 radical (unpaired) electrons. The Balaban J connectivity index is 2.20. The van der Waals surface area contributed by atoms with Crippen molar-refractivity contribution in [3.8, 4) is 11.3 Å². The van der Waals surface area contributed by atoms with Crippen molar-refractivity contribution in [1.82, 2.24) is 19.5 Å². The molecule has 0 saturated carbocycles. The molecule has 0 aromatic carbocycles. The third-order valence-electron chi connectivity index (χ3n) is 6.35. The predicted molar refractivity (Wildman–Crippen MR) is 127 cm³/mol. The summed E-state index contributed by atoms with van der Waals surface area (Å²) in [4.78, 5) is 17.4. The molecule has 5 heteroatoms. The Bertz CT molecular complexity index is 996. The molecule has 0 atom stereocenters. The highest BCUT2D eigenvalue weighted by Crippen LogP contribution is 2.33. The van der Waals surface area contributed by atoms with Crippen molar-refractivity contribution in [1.29, 1.82) is 0 Å². The third kappa shape index (κ3) is 3.94. The lowest BCUT2D eigenvalue weighted by Crippen LogP contribution is -2.23. The van der Waals surface area contributed by atoms with E-state index in [1.54, 1.807) is 0 Å². The summed E-state index contributed by atoms with van der Waals surface area (Å²) in [6, 6.07) is 2.23. The highest BCUT2D eigenvalue weighted by molar-refractivity contribution is 5.81. The Morgan fingerprint density at radius 1 is 0.967 bits per heavy atom. The molecule has 3 aromatic heterocycles. The number of anilines is 1. The normalized spacial score (nSPS) is 11.6. The maximum absolute atomic E-state index is 5.16. The first-order valence-corrected chi connectivity index (χ1v) is 11.6. The van der Waals surface area contributed by atoms with Gasteiger partial charge in [0.15, 0.2) is 5.65 Å². The van der Waals surface area contributed by atoms with Gasteiger partial charge in [0.25, 0.3) is 0 Å². The number of fused-ring (bicyclic) bond motifs is 1. The van der Waals surface area contributed by atoms with Crippen LogP contribution in [-0.2, 0) is 19.9 Å². The van der Waals surface area contributed by atoms with Crippen molar-refractivity contribution in [3.63, 3.8) is 0 Å². The van der Waals surface area contributed by atoms with E-state index in [1.807, 2.05) is 6.20 Å². The van der Waals surface area contributed by atoms with Crippen molar-refractivity contribution < 1.29 is 0 Å².